The molecule has 24 heavy (non-hydrogen) atoms. The second-order valence-corrected chi connectivity index (χ2v) is 6.95. The Bertz CT molecular complexity index is 774. The highest BCUT2D eigenvalue weighted by Crippen LogP contribution is 2.28. The summed E-state index contributed by atoms with van der Waals surface area (Å²) in [4.78, 5) is 16.6. The quantitative estimate of drug-likeness (QED) is 0.793. The fourth-order valence-electron chi connectivity index (χ4n) is 3.06. The molecule has 0 aliphatic carbocycles. The van der Waals surface area contributed by atoms with Gasteiger partial charge < -0.3 is 5.32 Å². The van der Waals surface area contributed by atoms with Crippen LogP contribution in [-0.2, 0) is 6.54 Å². The SMILES string of the molecule is c1cc(-c2ncc(CN3CCNCC3c3ccncc3)s2)ccn1. The first-order valence-electron chi connectivity index (χ1n) is 8.10. The van der Waals surface area contributed by atoms with E-state index in [2.05, 4.69) is 37.3 Å². The Labute approximate surface area is 145 Å². The van der Waals surface area contributed by atoms with Crippen molar-refractivity contribution in [1.29, 1.82) is 0 Å². The highest BCUT2D eigenvalue weighted by Gasteiger charge is 2.24. The maximum Gasteiger partial charge on any atom is 0.123 e. The smallest absolute Gasteiger partial charge is 0.123 e. The van der Waals surface area contributed by atoms with Gasteiger partial charge in [-0.2, -0.15) is 0 Å². The zero-order valence-electron chi connectivity index (χ0n) is 13.3. The molecule has 1 aliphatic heterocycles. The zero-order chi connectivity index (χ0) is 16.2. The second-order valence-electron chi connectivity index (χ2n) is 5.84. The van der Waals surface area contributed by atoms with Gasteiger partial charge in [-0.25, -0.2) is 4.98 Å². The van der Waals surface area contributed by atoms with Crippen molar-refractivity contribution in [2.75, 3.05) is 19.6 Å². The van der Waals surface area contributed by atoms with Crippen molar-refractivity contribution in [3.63, 3.8) is 0 Å². The van der Waals surface area contributed by atoms with Crippen LogP contribution in [-0.4, -0.2) is 39.5 Å². The number of nitrogens with one attached hydrogen (secondary N) is 1. The van der Waals surface area contributed by atoms with Gasteiger partial charge in [-0.1, -0.05) is 0 Å². The van der Waals surface area contributed by atoms with E-state index in [9.17, 15) is 0 Å². The summed E-state index contributed by atoms with van der Waals surface area (Å²) in [5.74, 6) is 0. The van der Waals surface area contributed by atoms with Gasteiger partial charge in [0.2, 0.25) is 0 Å². The number of piperazine rings is 1. The highest BCUT2D eigenvalue weighted by atomic mass is 32.1. The van der Waals surface area contributed by atoms with Gasteiger partial charge in [-0.05, 0) is 29.8 Å². The molecule has 5 nitrogen and oxygen atoms in total. The molecule has 0 spiro atoms. The number of aromatic nitrogens is 3. The lowest BCUT2D eigenvalue weighted by Crippen LogP contribution is -2.45. The molecule has 0 aromatic carbocycles. The van der Waals surface area contributed by atoms with Gasteiger partial charge >= 0.3 is 0 Å². The van der Waals surface area contributed by atoms with Crippen molar-refractivity contribution in [3.05, 3.63) is 65.7 Å². The molecule has 1 fully saturated rings. The number of thiazole rings is 1. The predicted octanol–water partition coefficient (Wildman–Crippen LogP) is 2.75. The molecule has 1 N–H and O–H groups in total. The monoisotopic (exact) mass is 337 g/mol. The molecular weight excluding hydrogens is 318 g/mol. The molecule has 4 heterocycles. The van der Waals surface area contributed by atoms with Gasteiger partial charge in [-0.3, -0.25) is 14.9 Å². The first-order chi connectivity index (χ1) is 11.9. The minimum atomic E-state index is 0.383. The summed E-state index contributed by atoms with van der Waals surface area (Å²) < 4.78 is 0. The third-order valence-electron chi connectivity index (χ3n) is 4.28. The molecule has 0 bridgehead atoms. The molecule has 1 atom stereocenters. The zero-order valence-corrected chi connectivity index (χ0v) is 14.1. The second kappa shape index (κ2) is 7.17. The number of hydrogen-bond donors (Lipinski definition) is 1. The van der Waals surface area contributed by atoms with Gasteiger partial charge in [0, 0.05) is 73.6 Å². The van der Waals surface area contributed by atoms with Gasteiger partial charge in [0.1, 0.15) is 5.01 Å². The standard InChI is InChI=1S/C18H19N5S/c1-5-19-6-2-14(1)17-12-21-9-10-23(17)13-16-11-22-18(24-16)15-3-7-20-8-4-15/h1-8,11,17,21H,9-10,12-13H2. The van der Waals surface area contributed by atoms with Crippen molar-refractivity contribution < 1.29 is 0 Å². The van der Waals surface area contributed by atoms with Crippen LogP contribution in [0.2, 0.25) is 0 Å². The summed E-state index contributed by atoms with van der Waals surface area (Å²) in [7, 11) is 0. The maximum atomic E-state index is 4.59. The molecule has 0 amide bonds. The van der Waals surface area contributed by atoms with Crippen LogP contribution in [0.1, 0.15) is 16.5 Å². The first-order valence-corrected chi connectivity index (χ1v) is 8.91. The van der Waals surface area contributed by atoms with Crippen LogP contribution in [0.15, 0.2) is 55.2 Å². The van der Waals surface area contributed by atoms with Crippen molar-refractivity contribution >= 4 is 11.3 Å². The van der Waals surface area contributed by atoms with Crippen LogP contribution in [0.25, 0.3) is 10.6 Å². The Morgan fingerprint density at radius 3 is 2.62 bits per heavy atom. The minimum absolute atomic E-state index is 0.383. The van der Waals surface area contributed by atoms with Crippen molar-refractivity contribution in [2.24, 2.45) is 0 Å². The molecule has 122 valence electrons. The molecule has 6 heteroatoms. The maximum absolute atomic E-state index is 4.59. The third kappa shape index (κ3) is 3.36. The van der Waals surface area contributed by atoms with E-state index < -0.39 is 0 Å². The fraction of sp³-hybridized carbons (Fsp3) is 0.278. The van der Waals surface area contributed by atoms with E-state index in [1.54, 1.807) is 11.3 Å². The van der Waals surface area contributed by atoms with E-state index >= 15 is 0 Å². The summed E-state index contributed by atoms with van der Waals surface area (Å²) in [5.41, 5.74) is 2.45. The highest BCUT2D eigenvalue weighted by molar-refractivity contribution is 7.15. The summed E-state index contributed by atoms with van der Waals surface area (Å²) in [6.45, 7) is 3.96. The average molecular weight is 337 g/mol. The summed E-state index contributed by atoms with van der Waals surface area (Å²) in [6.07, 6.45) is 9.37. The Morgan fingerprint density at radius 2 is 1.83 bits per heavy atom. The lowest BCUT2D eigenvalue weighted by atomic mass is 10.0. The fourth-order valence-corrected chi connectivity index (χ4v) is 4.00. The van der Waals surface area contributed by atoms with Gasteiger partial charge in [-0.15, -0.1) is 11.3 Å². The molecular formula is C18H19N5S. The molecule has 4 rings (SSSR count). The van der Waals surface area contributed by atoms with Crippen LogP contribution in [0.4, 0.5) is 0 Å². The molecule has 1 aliphatic rings. The molecule has 0 radical (unpaired) electrons. The average Bonchev–Trinajstić information content (AvgIpc) is 3.12. The third-order valence-corrected chi connectivity index (χ3v) is 5.32. The molecule has 1 saturated heterocycles. The lowest BCUT2D eigenvalue weighted by Gasteiger charge is -2.36. The Balaban J connectivity index is 1.52. The largest absolute Gasteiger partial charge is 0.314 e. The van der Waals surface area contributed by atoms with Crippen LogP contribution >= 0.6 is 11.3 Å². The van der Waals surface area contributed by atoms with Crippen molar-refractivity contribution in [2.45, 2.75) is 12.6 Å². The van der Waals surface area contributed by atoms with Crippen molar-refractivity contribution in [3.8, 4) is 10.6 Å². The van der Waals surface area contributed by atoms with Crippen molar-refractivity contribution in [1.82, 2.24) is 25.2 Å². The van der Waals surface area contributed by atoms with E-state index in [0.29, 0.717) is 6.04 Å². The minimum Gasteiger partial charge on any atom is -0.314 e. The van der Waals surface area contributed by atoms with Gasteiger partial charge in [0.15, 0.2) is 0 Å². The topological polar surface area (TPSA) is 53.9 Å². The van der Waals surface area contributed by atoms with E-state index in [1.807, 2.05) is 43.1 Å². The molecule has 0 saturated carbocycles. The Hall–Kier alpha value is -2.15. The van der Waals surface area contributed by atoms with Crippen LogP contribution in [0, 0.1) is 0 Å². The summed E-state index contributed by atoms with van der Waals surface area (Å²) >= 11 is 1.76. The van der Waals surface area contributed by atoms with Crippen LogP contribution in [0.3, 0.4) is 0 Å². The number of rotatable bonds is 4. The number of pyridine rings is 2. The van der Waals surface area contributed by atoms with Gasteiger partial charge in [0.25, 0.3) is 0 Å². The van der Waals surface area contributed by atoms with E-state index in [4.69, 9.17) is 0 Å². The Morgan fingerprint density at radius 1 is 1.08 bits per heavy atom. The molecule has 3 aromatic rings. The molecule has 1 unspecified atom stereocenters. The Kier molecular flexibility index (Phi) is 4.60. The lowest BCUT2D eigenvalue weighted by molar-refractivity contribution is 0.155. The number of hydrogen-bond acceptors (Lipinski definition) is 6. The van der Waals surface area contributed by atoms with Crippen LogP contribution < -0.4 is 5.32 Å². The van der Waals surface area contributed by atoms with Gasteiger partial charge in [0.05, 0.1) is 0 Å². The predicted molar refractivity (Wildman–Crippen MR) is 95.6 cm³/mol. The first kappa shape index (κ1) is 15.4. The van der Waals surface area contributed by atoms with E-state index in [0.717, 1.165) is 36.8 Å². The molecule has 3 aromatic heterocycles. The summed E-state index contributed by atoms with van der Waals surface area (Å²) in [5, 5.41) is 4.56. The number of nitrogens with zero attached hydrogens (tertiary/aromatic N) is 4. The normalized spacial score (nSPS) is 18.6. The van der Waals surface area contributed by atoms with Crippen LogP contribution in [0.5, 0.6) is 0 Å². The van der Waals surface area contributed by atoms with E-state index in [1.165, 1.54) is 10.4 Å². The summed E-state index contributed by atoms with van der Waals surface area (Å²) in [6, 6.07) is 8.62. The van der Waals surface area contributed by atoms with E-state index in [-0.39, 0.29) is 0 Å².